The van der Waals surface area contributed by atoms with E-state index in [0.29, 0.717) is 0 Å². The first-order valence-electron chi connectivity index (χ1n) is 8.64. The molecule has 14 heteroatoms. The van der Waals surface area contributed by atoms with E-state index in [-0.39, 0.29) is 18.4 Å². The van der Waals surface area contributed by atoms with Crippen LogP contribution in [-0.2, 0) is 40.4 Å². The number of rotatable bonds is 6. The summed E-state index contributed by atoms with van der Waals surface area (Å²) in [4.78, 5) is 61.8. The molecule has 30 heavy (non-hydrogen) atoms. The first-order chi connectivity index (χ1) is 14.0. The number of nitrogens with one attached hydrogen (secondary N) is 1. The number of aromatic nitrogens is 2. The Morgan fingerprint density at radius 2 is 1.70 bits per heavy atom. The van der Waals surface area contributed by atoms with E-state index >= 15 is 0 Å². The number of anilines is 2. The maximum absolute atomic E-state index is 12.2. The van der Waals surface area contributed by atoms with Gasteiger partial charge in [-0.1, -0.05) is 0 Å². The van der Waals surface area contributed by atoms with Gasteiger partial charge < -0.3 is 30.0 Å². The second-order valence-electron chi connectivity index (χ2n) is 6.32. The molecule has 1 aromatic heterocycles. The number of carbonyl (C=O) groups is 3. The predicted molar refractivity (Wildman–Crippen MR) is 99.4 cm³/mol. The van der Waals surface area contributed by atoms with Crippen molar-refractivity contribution in [2.24, 2.45) is 12.2 Å². The van der Waals surface area contributed by atoms with Gasteiger partial charge in [-0.25, -0.2) is 0 Å². The number of nitrogens with zero attached hydrogens (tertiary/aromatic N) is 3. The minimum atomic E-state index is -1.34. The van der Waals surface area contributed by atoms with Crippen molar-refractivity contribution in [2.75, 3.05) is 17.7 Å². The Labute approximate surface area is 169 Å². The molecule has 1 saturated heterocycles. The second-order valence-corrected chi connectivity index (χ2v) is 6.32. The standard InChI is InChI=1S/C16H21N5O9/c1-6(22)28-9-5-27-14(12(30-8(3)24)11(9)29-7(2)23)18-13-10(20-26)15(25)21(4)16(17)19-13/h9,11-12,14,18H,5H2,1-4H3,(H2,17,19)/t9-,11-,12-,14+/m1/s1. The van der Waals surface area contributed by atoms with Crippen LogP contribution in [0.25, 0.3) is 0 Å². The molecular weight excluding hydrogens is 406 g/mol. The fourth-order valence-electron chi connectivity index (χ4n) is 2.79. The normalized spacial score (nSPS) is 23.2. The van der Waals surface area contributed by atoms with Crippen molar-refractivity contribution in [3.05, 3.63) is 15.3 Å². The number of esters is 3. The van der Waals surface area contributed by atoms with Crippen molar-refractivity contribution in [1.29, 1.82) is 0 Å². The average molecular weight is 427 g/mol. The van der Waals surface area contributed by atoms with Crippen LogP contribution in [0.5, 0.6) is 0 Å². The quantitative estimate of drug-likeness (QED) is 0.331. The maximum atomic E-state index is 12.2. The summed E-state index contributed by atoms with van der Waals surface area (Å²) in [5.41, 5.74) is 4.23. The highest BCUT2D eigenvalue weighted by Gasteiger charge is 2.47. The zero-order chi connectivity index (χ0) is 22.6. The first-order valence-corrected chi connectivity index (χ1v) is 8.64. The smallest absolute Gasteiger partial charge is 0.303 e. The molecule has 1 aliphatic heterocycles. The van der Waals surface area contributed by atoms with E-state index in [4.69, 9.17) is 24.7 Å². The Morgan fingerprint density at radius 1 is 1.13 bits per heavy atom. The van der Waals surface area contributed by atoms with E-state index in [1.165, 1.54) is 7.05 Å². The number of ether oxygens (including phenoxy) is 4. The van der Waals surface area contributed by atoms with Crippen LogP contribution in [0.15, 0.2) is 9.97 Å². The minimum Gasteiger partial charge on any atom is -0.456 e. The van der Waals surface area contributed by atoms with Gasteiger partial charge in [0.05, 0.1) is 6.61 Å². The van der Waals surface area contributed by atoms with Crippen LogP contribution in [-0.4, -0.2) is 58.6 Å². The molecule has 0 unspecified atom stereocenters. The van der Waals surface area contributed by atoms with Gasteiger partial charge in [0.15, 0.2) is 30.4 Å². The predicted octanol–water partition coefficient (Wildman–Crippen LogP) is -0.676. The molecule has 1 aliphatic rings. The van der Waals surface area contributed by atoms with E-state index in [9.17, 15) is 24.1 Å². The monoisotopic (exact) mass is 427 g/mol. The van der Waals surface area contributed by atoms with E-state index in [1.807, 2.05) is 0 Å². The van der Waals surface area contributed by atoms with Gasteiger partial charge in [0.1, 0.15) is 0 Å². The molecule has 2 rings (SSSR count). The molecule has 3 N–H and O–H groups in total. The molecule has 0 amide bonds. The third-order valence-electron chi connectivity index (χ3n) is 4.02. The summed E-state index contributed by atoms with van der Waals surface area (Å²) < 4.78 is 22.0. The number of hydrogen-bond acceptors (Lipinski definition) is 13. The summed E-state index contributed by atoms with van der Waals surface area (Å²) in [7, 11) is 1.29. The highest BCUT2D eigenvalue weighted by Crippen LogP contribution is 2.27. The lowest BCUT2D eigenvalue weighted by Crippen LogP contribution is -2.59. The van der Waals surface area contributed by atoms with Gasteiger partial charge in [0, 0.05) is 27.8 Å². The van der Waals surface area contributed by atoms with Gasteiger partial charge in [-0.15, -0.1) is 4.91 Å². The lowest BCUT2D eigenvalue weighted by Gasteiger charge is -2.40. The highest BCUT2D eigenvalue weighted by atomic mass is 16.6. The van der Waals surface area contributed by atoms with Crippen molar-refractivity contribution in [3.63, 3.8) is 0 Å². The van der Waals surface area contributed by atoms with Gasteiger partial charge in [-0.05, 0) is 5.18 Å². The largest absolute Gasteiger partial charge is 0.456 e. The fraction of sp³-hybridized carbons (Fsp3) is 0.562. The Kier molecular flexibility index (Phi) is 7.05. The molecular formula is C16H21N5O9. The maximum Gasteiger partial charge on any atom is 0.303 e. The molecule has 0 aromatic carbocycles. The van der Waals surface area contributed by atoms with Crippen LogP contribution < -0.4 is 16.6 Å². The summed E-state index contributed by atoms with van der Waals surface area (Å²) in [6.07, 6.45) is -4.93. The van der Waals surface area contributed by atoms with Crippen molar-refractivity contribution >= 4 is 35.4 Å². The molecule has 0 spiro atoms. The van der Waals surface area contributed by atoms with Crippen LogP contribution in [0.3, 0.4) is 0 Å². The van der Waals surface area contributed by atoms with E-state index in [0.717, 1.165) is 25.3 Å². The van der Waals surface area contributed by atoms with Gasteiger partial charge in [0.2, 0.25) is 11.6 Å². The molecule has 14 nitrogen and oxygen atoms in total. The fourth-order valence-corrected chi connectivity index (χ4v) is 2.79. The first kappa shape index (κ1) is 22.7. The topological polar surface area (TPSA) is 190 Å². The summed E-state index contributed by atoms with van der Waals surface area (Å²) >= 11 is 0. The third kappa shape index (κ3) is 5.08. The van der Waals surface area contributed by atoms with Crippen LogP contribution in [0.4, 0.5) is 17.5 Å². The number of hydrogen-bond donors (Lipinski definition) is 2. The molecule has 1 aromatic rings. The lowest BCUT2D eigenvalue weighted by molar-refractivity contribution is -0.221. The number of carbonyl (C=O) groups excluding carboxylic acids is 3. The van der Waals surface area contributed by atoms with Crippen LogP contribution >= 0.6 is 0 Å². The van der Waals surface area contributed by atoms with Gasteiger partial charge in [-0.2, -0.15) is 4.98 Å². The Morgan fingerprint density at radius 3 is 2.23 bits per heavy atom. The zero-order valence-electron chi connectivity index (χ0n) is 16.6. The average Bonchev–Trinajstić information content (AvgIpc) is 2.63. The van der Waals surface area contributed by atoms with E-state index in [2.05, 4.69) is 15.5 Å². The Hall–Kier alpha value is -3.55. The lowest BCUT2D eigenvalue weighted by atomic mass is 10.0. The van der Waals surface area contributed by atoms with Crippen LogP contribution in [0, 0.1) is 4.91 Å². The third-order valence-corrected chi connectivity index (χ3v) is 4.02. The van der Waals surface area contributed by atoms with Crippen molar-refractivity contribution in [3.8, 4) is 0 Å². The molecule has 2 heterocycles. The van der Waals surface area contributed by atoms with Gasteiger partial charge >= 0.3 is 17.9 Å². The molecule has 0 bridgehead atoms. The number of nitrogens with two attached hydrogens (primary N) is 1. The van der Waals surface area contributed by atoms with E-state index < -0.39 is 53.7 Å². The SMILES string of the molecule is CC(=O)O[C@@H]1[C@H](OC(C)=O)[C@H](OC(C)=O)CO[C@@H]1Nc1nc(N)n(C)c(=O)c1N=O. The molecule has 0 radical (unpaired) electrons. The Bertz CT molecular complexity index is 915. The zero-order valence-corrected chi connectivity index (χ0v) is 16.6. The number of nitrogen functional groups attached to an aromatic ring is 1. The summed E-state index contributed by atoms with van der Waals surface area (Å²) in [6.45, 7) is 3.09. The van der Waals surface area contributed by atoms with Gasteiger partial charge in [0.25, 0.3) is 5.56 Å². The van der Waals surface area contributed by atoms with E-state index in [1.54, 1.807) is 0 Å². The van der Waals surface area contributed by atoms with Crippen molar-refractivity contribution in [2.45, 2.75) is 45.3 Å². The molecule has 1 fully saturated rings. The second kappa shape index (κ2) is 9.30. The summed E-state index contributed by atoms with van der Waals surface area (Å²) in [5.74, 6) is -2.74. The Balaban J connectivity index is 2.44. The van der Waals surface area contributed by atoms with Crippen LogP contribution in [0.2, 0.25) is 0 Å². The molecule has 4 atom stereocenters. The summed E-state index contributed by atoms with van der Waals surface area (Å²) in [5, 5.41) is 5.28. The molecule has 0 aliphatic carbocycles. The highest BCUT2D eigenvalue weighted by molar-refractivity contribution is 5.68. The minimum absolute atomic E-state index is 0.232. The van der Waals surface area contributed by atoms with Crippen LogP contribution in [0.1, 0.15) is 20.8 Å². The van der Waals surface area contributed by atoms with Gasteiger partial charge in [-0.3, -0.25) is 23.7 Å². The molecule has 164 valence electrons. The van der Waals surface area contributed by atoms with Crippen molar-refractivity contribution < 1.29 is 33.3 Å². The van der Waals surface area contributed by atoms with Crippen molar-refractivity contribution in [1.82, 2.24) is 9.55 Å². The number of nitroso groups, excluding NO2 is 1. The summed E-state index contributed by atoms with van der Waals surface area (Å²) in [6, 6.07) is 0. The molecule has 0 saturated carbocycles.